The van der Waals surface area contributed by atoms with Gasteiger partial charge in [0.15, 0.2) is 11.4 Å². The highest BCUT2D eigenvalue weighted by molar-refractivity contribution is 6.12. The van der Waals surface area contributed by atoms with Crippen molar-refractivity contribution in [3.63, 3.8) is 0 Å². The van der Waals surface area contributed by atoms with E-state index in [0.29, 0.717) is 34.0 Å². The Kier molecular flexibility index (Phi) is 6.63. The molecular formula is C51H24N8O. The molecule has 5 heterocycles. The van der Waals surface area contributed by atoms with Crippen molar-refractivity contribution in [3.05, 3.63) is 202 Å². The van der Waals surface area contributed by atoms with Crippen molar-refractivity contribution < 1.29 is 4.74 Å². The normalized spacial score (nSPS) is 12.9. The van der Waals surface area contributed by atoms with Gasteiger partial charge in [-0.25, -0.2) is 9.69 Å². The Labute approximate surface area is 342 Å². The first kappa shape index (κ1) is 33.2. The van der Waals surface area contributed by atoms with Crippen LogP contribution >= 0.6 is 0 Å². The second kappa shape index (κ2) is 12.0. The van der Waals surface area contributed by atoms with Crippen LogP contribution < -0.4 is 4.74 Å². The van der Waals surface area contributed by atoms with E-state index in [9.17, 15) is 10.5 Å². The molecule has 0 N–H and O–H groups in total. The van der Waals surface area contributed by atoms with E-state index in [0.717, 1.165) is 88.6 Å². The summed E-state index contributed by atoms with van der Waals surface area (Å²) >= 11 is 0. The maximum absolute atomic E-state index is 9.86. The van der Waals surface area contributed by atoms with Crippen molar-refractivity contribution in [3.8, 4) is 46.4 Å². The molecule has 60 heavy (non-hydrogen) atoms. The Hall–Kier alpha value is -9.02. The van der Waals surface area contributed by atoms with Crippen LogP contribution in [0.5, 0.6) is 11.5 Å². The SMILES string of the molecule is [C-]#[N+]c1ccc2c(c1)c1cc([N+]#[C-])ccc1n2-c1ccc2c(c1)C1(c3cc(-n4c5ccc(C#N)cc5c5cc(C#N)ccc54)ccc3O2)c2cccnc2-c2ncccc21. The highest BCUT2D eigenvalue weighted by Crippen LogP contribution is 2.62. The molecule has 274 valence electrons. The summed E-state index contributed by atoms with van der Waals surface area (Å²) in [6.45, 7) is 15.5. The number of nitriles is 2. The van der Waals surface area contributed by atoms with Gasteiger partial charge in [0.2, 0.25) is 0 Å². The molecule has 1 aliphatic carbocycles. The summed E-state index contributed by atoms with van der Waals surface area (Å²) in [5.41, 5.74) is 12.0. The van der Waals surface area contributed by atoms with Crippen LogP contribution in [0.3, 0.4) is 0 Å². The minimum absolute atomic E-state index is 0.526. The number of rotatable bonds is 2. The van der Waals surface area contributed by atoms with Crippen LogP contribution in [-0.2, 0) is 5.41 Å². The van der Waals surface area contributed by atoms with Gasteiger partial charge in [-0.2, -0.15) is 10.5 Å². The third-order valence-electron chi connectivity index (χ3n) is 12.1. The average Bonchev–Trinajstić information content (AvgIpc) is 3.92. The number of benzene rings is 6. The minimum Gasteiger partial charge on any atom is -0.457 e. The van der Waals surface area contributed by atoms with Crippen molar-refractivity contribution in [2.75, 3.05) is 0 Å². The zero-order valence-corrected chi connectivity index (χ0v) is 31.3. The van der Waals surface area contributed by atoms with Crippen LogP contribution in [0.25, 0.3) is 76.1 Å². The summed E-state index contributed by atoms with van der Waals surface area (Å²) in [4.78, 5) is 17.4. The predicted molar refractivity (Wildman–Crippen MR) is 230 cm³/mol. The molecule has 0 unspecified atom stereocenters. The van der Waals surface area contributed by atoms with Gasteiger partial charge < -0.3 is 13.9 Å². The topological polar surface area (TPSA) is 101 Å². The first-order valence-corrected chi connectivity index (χ1v) is 19.1. The second-order valence-corrected chi connectivity index (χ2v) is 15.0. The van der Waals surface area contributed by atoms with Crippen LogP contribution in [0.4, 0.5) is 11.4 Å². The molecule has 2 aliphatic rings. The van der Waals surface area contributed by atoms with E-state index >= 15 is 0 Å². The molecule has 0 amide bonds. The fourth-order valence-electron chi connectivity index (χ4n) is 9.72. The minimum atomic E-state index is -0.920. The summed E-state index contributed by atoms with van der Waals surface area (Å²) in [6.07, 6.45) is 3.61. The van der Waals surface area contributed by atoms with Crippen LogP contribution in [0.2, 0.25) is 0 Å². The van der Waals surface area contributed by atoms with E-state index in [1.807, 2.05) is 97.1 Å². The third kappa shape index (κ3) is 4.24. The zero-order valence-electron chi connectivity index (χ0n) is 31.3. The van der Waals surface area contributed by atoms with Gasteiger partial charge in [0.1, 0.15) is 11.5 Å². The van der Waals surface area contributed by atoms with E-state index in [2.05, 4.69) is 67.4 Å². The Morgan fingerprint density at radius 1 is 0.500 bits per heavy atom. The molecule has 9 heteroatoms. The van der Waals surface area contributed by atoms with E-state index < -0.39 is 5.41 Å². The number of hydrogen-bond acceptors (Lipinski definition) is 5. The summed E-state index contributed by atoms with van der Waals surface area (Å²) in [5, 5.41) is 23.2. The molecule has 1 spiro atoms. The molecule has 6 aromatic carbocycles. The summed E-state index contributed by atoms with van der Waals surface area (Å²) < 4.78 is 11.3. The van der Waals surface area contributed by atoms with Crippen LogP contribution in [0.1, 0.15) is 33.4 Å². The average molecular weight is 765 g/mol. The fraction of sp³-hybridized carbons (Fsp3) is 0.0196. The second-order valence-electron chi connectivity index (χ2n) is 15.0. The number of pyridine rings is 2. The van der Waals surface area contributed by atoms with E-state index in [-0.39, 0.29) is 0 Å². The number of fused-ring (bicyclic) bond motifs is 15. The summed E-state index contributed by atoms with van der Waals surface area (Å²) in [5.74, 6) is 1.39. The monoisotopic (exact) mass is 764 g/mol. The van der Waals surface area contributed by atoms with Gasteiger partial charge in [0.25, 0.3) is 0 Å². The largest absolute Gasteiger partial charge is 0.457 e. The highest BCUT2D eigenvalue weighted by atomic mass is 16.5. The molecule has 0 radical (unpaired) electrons. The van der Waals surface area contributed by atoms with Crippen molar-refractivity contribution in [2.45, 2.75) is 5.41 Å². The van der Waals surface area contributed by atoms with Gasteiger partial charge >= 0.3 is 0 Å². The van der Waals surface area contributed by atoms with E-state index in [1.54, 1.807) is 12.4 Å². The quantitative estimate of drug-likeness (QED) is 0.163. The Morgan fingerprint density at radius 3 is 1.37 bits per heavy atom. The van der Waals surface area contributed by atoms with Gasteiger partial charge in [-0.3, -0.25) is 9.97 Å². The molecule has 0 fully saturated rings. The van der Waals surface area contributed by atoms with Gasteiger partial charge in [0.05, 0.1) is 75.3 Å². The Bertz CT molecular complexity index is 3380. The van der Waals surface area contributed by atoms with Gasteiger partial charge in [-0.1, -0.05) is 24.3 Å². The zero-order chi connectivity index (χ0) is 40.3. The molecule has 0 bridgehead atoms. The Balaban J connectivity index is 1.17. The lowest BCUT2D eigenvalue weighted by Gasteiger charge is -2.39. The summed E-state index contributed by atoms with van der Waals surface area (Å²) in [7, 11) is 0. The summed E-state index contributed by atoms with van der Waals surface area (Å²) in [6, 6.07) is 48.1. The standard InChI is InChI=1S/C51H24N8O/c1-54-31-9-15-45-37(23-31)38-24-32(55-2)10-16-46(38)59(45)34-12-18-48-42(26-34)51(39-5-3-19-56-49(39)50-40(51)6-4-20-57-50)41-25-33(11-17-47(41)60-48)58-43-13-7-29(27-52)21-35(43)36-22-30(28-53)8-14-44(36)58/h3-26H. The lowest BCUT2D eigenvalue weighted by molar-refractivity contribution is 0.436. The molecule has 9 nitrogen and oxygen atoms in total. The van der Waals surface area contributed by atoms with E-state index in [1.165, 1.54) is 0 Å². The third-order valence-corrected chi connectivity index (χ3v) is 12.1. The highest BCUT2D eigenvalue weighted by Gasteiger charge is 2.52. The van der Waals surface area contributed by atoms with Crippen LogP contribution in [-0.4, -0.2) is 19.1 Å². The first-order chi connectivity index (χ1) is 29.5. The molecule has 1 aliphatic heterocycles. The van der Waals surface area contributed by atoms with Gasteiger partial charge in [-0.15, -0.1) is 0 Å². The molecule has 0 saturated carbocycles. The van der Waals surface area contributed by atoms with Crippen LogP contribution in [0.15, 0.2) is 146 Å². The maximum atomic E-state index is 9.86. The van der Waals surface area contributed by atoms with Crippen molar-refractivity contribution in [1.29, 1.82) is 10.5 Å². The Morgan fingerprint density at radius 2 is 0.933 bits per heavy atom. The van der Waals surface area contributed by atoms with Gasteiger partial charge in [-0.05, 0) is 131 Å². The fourth-order valence-corrected chi connectivity index (χ4v) is 9.72. The lowest BCUT2D eigenvalue weighted by Crippen LogP contribution is -2.32. The molecule has 10 aromatic rings. The number of ether oxygens (including phenoxy) is 1. The van der Waals surface area contributed by atoms with Crippen molar-refractivity contribution >= 4 is 55.0 Å². The number of hydrogen-bond donors (Lipinski definition) is 0. The van der Waals surface area contributed by atoms with Crippen LogP contribution in [0, 0.1) is 35.8 Å². The predicted octanol–water partition coefficient (Wildman–Crippen LogP) is 12.0. The lowest BCUT2D eigenvalue weighted by atomic mass is 9.66. The molecule has 0 saturated heterocycles. The smallest absolute Gasteiger partial charge is 0.188 e. The van der Waals surface area contributed by atoms with Crippen molar-refractivity contribution in [1.82, 2.24) is 19.1 Å². The van der Waals surface area contributed by atoms with Crippen molar-refractivity contribution in [2.24, 2.45) is 0 Å². The number of nitrogens with zero attached hydrogens (tertiary/aromatic N) is 8. The molecule has 0 atom stereocenters. The van der Waals surface area contributed by atoms with E-state index in [4.69, 9.17) is 27.8 Å². The number of aromatic nitrogens is 4. The van der Waals surface area contributed by atoms with Gasteiger partial charge in [0, 0.05) is 45.7 Å². The molecule has 12 rings (SSSR count). The first-order valence-electron chi connectivity index (χ1n) is 19.1. The molecular weight excluding hydrogens is 741 g/mol. The molecule has 4 aromatic heterocycles. The maximum Gasteiger partial charge on any atom is 0.188 e.